The van der Waals surface area contributed by atoms with E-state index < -0.39 is 0 Å². The fourth-order valence-electron chi connectivity index (χ4n) is 1.63. The predicted molar refractivity (Wildman–Crippen MR) is 70.8 cm³/mol. The zero-order chi connectivity index (χ0) is 13.1. The first-order valence-corrected chi connectivity index (χ1v) is 5.63. The lowest BCUT2D eigenvalue weighted by Crippen LogP contribution is -2.13. The molecule has 5 heteroatoms. The topological polar surface area (TPSA) is 41.1 Å². The Bertz CT molecular complexity index is 539. The number of hydrogen-bond donors (Lipinski definition) is 1. The Kier molecular flexibility index (Phi) is 3.41. The molecule has 0 saturated carbocycles. The molecule has 4 nitrogen and oxygen atoms in total. The molecule has 0 aliphatic rings. The molecule has 0 radical (unpaired) electrons. The molecule has 0 unspecified atom stereocenters. The van der Waals surface area contributed by atoms with Crippen molar-refractivity contribution in [1.29, 1.82) is 0 Å². The highest BCUT2D eigenvalue weighted by Gasteiger charge is 2.08. The third-order valence-corrected chi connectivity index (χ3v) is 2.62. The Morgan fingerprint density at radius 1 is 1.17 bits per heavy atom. The quantitative estimate of drug-likeness (QED) is 0.904. The van der Waals surface area contributed by atoms with Gasteiger partial charge in [0.1, 0.15) is 11.6 Å². The van der Waals surface area contributed by atoms with Crippen molar-refractivity contribution in [1.82, 2.24) is 9.97 Å². The fraction of sp³-hybridized carbons (Fsp3) is 0.231. The van der Waals surface area contributed by atoms with E-state index in [0.29, 0.717) is 5.95 Å². The van der Waals surface area contributed by atoms with Gasteiger partial charge in [-0.3, -0.25) is 0 Å². The van der Waals surface area contributed by atoms with E-state index in [-0.39, 0.29) is 5.82 Å². The van der Waals surface area contributed by atoms with Gasteiger partial charge in [-0.1, -0.05) is 0 Å². The number of aryl methyl sites for hydroxylation is 1. The SMILES string of the molecule is CNc1nc(C)cc(N(C)c2ccc(F)cc2)n1. The number of halogens is 1. The molecule has 0 amide bonds. The molecule has 1 N–H and O–H groups in total. The summed E-state index contributed by atoms with van der Waals surface area (Å²) in [4.78, 5) is 10.5. The van der Waals surface area contributed by atoms with E-state index in [9.17, 15) is 4.39 Å². The minimum Gasteiger partial charge on any atom is -0.357 e. The van der Waals surface area contributed by atoms with Crippen molar-refractivity contribution in [3.05, 3.63) is 41.8 Å². The maximum absolute atomic E-state index is 12.9. The number of benzene rings is 1. The smallest absolute Gasteiger partial charge is 0.224 e. The highest BCUT2D eigenvalue weighted by atomic mass is 19.1. The van der Waals surface area contributed by atoms with E-state index in [1.54, 1.807) is 19.2 Å². The molecule has 0 fully saturated rings. The Hall–Kier alpha value is -2.17. The number of nitrogens with one attached hydrogen (secondary N) is 1. The number of aromatic nitrogens is 2. The average Bonchev–Trinajstić information content (AvgIpc) is 2.38. The first-order valence-electron chi connectivity index (χ1n) is 5.63. The van der Waals surface area contributed by atoms with Crippen molar-refractivity contribution >= 4 is 17.5 Å². The summed E-state index contributed by atoms with van der Waals surface area (Å²) in [5.41, 5.74) is 1.75. The first kappa shape index (κ1) is 12.3. The molecule has 2 aromatic rings. The molecule has 0 saturated heterocycles. The lowest BCUT2D eigenvalue weighted by Gasteiger charge is -2.19. The normalized spacial score (nSPS) is 10.2. The second kappa shape index (κ2) is 5.00. The van der Waals surface area contributed by atoms with E-state index in [1.807, 2.05) is 24.9 Å². The van der Waals surface area contributed by atoms with Crippen LogP contribution in [0.5, 0.6) is 0 Å². The van der Waals surface area contributed by atoms with Crippen molar-refractivity contribution in [2.75, 3.05) is 24.3 Å². The third-order valence-electron chi connectivity index (χ3n) is 2.62. The van der Waals surface area contributed by atoms with Gasteiger partial charge in [0.05, 0.1) is 0 Å². The van der Waals surface area contributed by atoms with Gasteiger partial charge in [0.2, 0.25) is 5.95 Å². The van der Waals surface area contributed by atoms with Crippen molar-refractivity contribution < 1.29 is 4.39 Å². The summed E-state index contributed by atoms with van der Waals surface area (Å²) in [7, 11) is 3.66. The zero-order valence-electron chi connectivity index (χ0n) is 10.6. The van der Waals surface area contributed by atoms with E-state index in [1.165, 1.54) is 12.1 Å². The van der Waals surface area contributed by atoms with Crippen LogP contribution in [0.4, 0.5) is 21.8 Å². The second-order valence-electron chi connectivity index (χ2n) is 3.98. The Morgan fingerprint density at radius 3 is 2.44 bits per heavy atom. The zero-order valence-corrected chi connectivity index (χ0v) is 10.6. The van der Waals surface area contributed by atoms with Crippen LogP contribution in [0.25, 0.3) is 0 Å². The van der Waals surface area contributed by atoms with Crippen molar-refractivity contribution in [2.24, 2.45) is 0 Å². The van der Waals surface area contributed by atoms with Crippen LogP contribution in [0.2, 0.25) is 0 Å². The summed E-state index contributed by atoms with van der Waals surface area (Å²) in [5, 5.41) is 2.91. The lowest BCUT2D eigenvalue weighted by molar-refractivity contribution is 0.628. The van der Waals surface area contributed by atoms with Crippen LogP contribution in [-0.2, 0) is 0 Å². The number of rotatable bonds is 3. The van der Waals surface area contributed by atoms with Gasteiger partial charge in [-0.05, 0) is 31.2 Å². The standard InChI is InChI=1S/C13H15FN4/c1-9-8-12(17-13(15-2)16-9)18(3)11-6-4-10(14)5-7-11/h4-8H,1-3H3,(H,15,16,17). The van der Waals surface area contributed by atoms with Gasteiger partial charge in [0, 0.05) is 31.5 Å². The Labute approximate surface area is 105 Å². The minimum atomic E-state index is -0.248. The molecular formula is C13H15FN4. The van der Waals surface area contributed by atoms with Gasteiger partial charge in [0.15, 0.2) is 0 Å². The van der Waals surface area contributed by atoms with Gasteiger partial charge in [0.25, 0.3) is 0 Å². The molecule has 0 spiro atoms. The predicted octanol–water partition coefficient (Wildman–Crippen LogP) is 2.73. The summed E-state index contributed by atoms with van der Waals surface area (Å²) < 4.78 is 12.9. The Morgan fingerprint density at radius 2 is 1.83 bits per heavy atom. The molecule has 18 heavy (non-hydrogen) atoms. The Balaban J connectivity index is 2.35. The monoisotopic (exact) mass is 246 g/mol. The van der Waals surface area contributed by atoms with Gasteiger partial charge in [-0.2, -0.15) is 4.98 Å². The molecule has 1 heterocycles. The lowest BCUT2D eigenvalue weighted by atomic mass is 10.3. The molecule has 0 bridgehead atoms. The van der Waals surface area contributed by atoms with Crippen LogP contribution < -0.4 is 10.2 Å². The van der Waals surface area contributed by atoms with E-state index in [2.05, 4.69) is 15.3 Å². The summed E-state index contributed by atoms with van der Waals surface area (Å²) in [6.45, 7) is 1.91. The minimum absolute atomic E-state index is 0.248. The van der Waals surface area contributed by atoms with Gasteiger partial charge in [-0.25, -0.2) is 9.37 Å². The fourth-order valence-corrected chi connectivity index (χ4v) is 1.63. The number of anilines is 3. The van der Waals surface area contributed by atoms with Gasteiger partial charge < -0.3 is 10.2 Å². The van der Waals surface area contributed by atoms with Crippen LogP contribution in [-0.4, -0.2) is 24.1 Å². The number of hydrogen-bond acceptors (Lipinski definition) is 4. The van der Waals surface area contributed by atoms with Crippen molar-refractivity contribution in [2.45, 2.75) is 6.92 Å². The molecule has 0 atom stereocenters. The summed E-state index contributed by atoms with van der Waals surface area (Å²) in [6.07, 6.45) is 0. The van der Waals surface area contributed by atoms with Crippen LogP contribution in [0.1, 0.15) is 5.69 Å². The number of nitrogens with zero attached hydrogens (tertiary/aromatic N) is 3. The van der Waals surface area contributed by atoms with Crippen molar-refractivity contribution in [3.63, 3.8) is 0 Å². The van der Waals surface area contributed by atoms with Gasteiger partial charge >= 0.3 is 0 Å². The molecule has 0 aliphatic heterocycles. The molecular weight excluding hydrogens is 231 g/mol. The first-order chi connectivity index (χ1) is 8.60. The molecule has 1 aromatic carbocycles. The average molecular weight is 246 g/mol. The summed E-state index contributed by atoms with van der Waals surface area (Å²) in [6, 6.07) is 8.17. The molecule has 1 aromatic heterocycles. The second-order valence-corrected chi connectivity index (χ2v) is 3.98. The highest BCUT2D eigenvalue weighted by molar-refractivity contribution is 5.60. The highest BCUT2D eigenvalue weighted by Crippen LogP contribution is 2.23. The molecule has 94 valence electrons. The molecule has 0 aliphatic carbocycles. The summed E-state index contributed by atoms with van der Waals surface area (Å²) in [5.74, 6) is 1.08. The van der Waals surface area contributed by atoms with Crippen LogP contribution in [0, 0.1) is 12.7 Å². The summed E-state index contributed by atoms with van der Waals surface area (Å²) >= 11 is 0. The van der Waals surface area contributed by atoms with Crippen LogP contribution in [0.3, 0.4) is 0 Å². The largest absolute Gasteiger partial charge is 0.357 e. The van der Waals surface area contributed by atoms with E-state index in [0.717, 1.165) is 17.2 Å². The van der Waals surface area contributed by atoms with E-state index >= 15 is 0 Å². The van der Waals surface area contributed by atoms with Crippen molar-refractivity contribution in [3.8, 4) is 0 Å². The van der Waals surface area contributed by atoms with Gasteiger partial charge in [-0.15, -0.1) is 0 Å². The van der Waals surface area contributed by atoms with Crippen LogP contribution in [0.15, 0.2) is 30.3 Å². The maximum atomic E-state index is 12.9. The van der Waals surface area contributed by atoms with Crippen LogP contribution >= 0.6 is 0 Å². The molecule has 2 rings (SSSR count). The maximum Gasteiger partial charge on any atom is 0.224 e. The van der Waals surface area contributed by atoms with E-state index in [4.69, 9.17) is 0 Å². The third kappa shape index (κ3) is 2.56.